The molecule has 1 atom stereocenters. The summed E-state index contributed by atoms with van der Waals surface area (Å²) < 4.78 is 41.9. The Morgan fingerprint density at radius 3 is 2.61 bits per heavy atom. The summed E-state index contributed by atoms with van der Waals surface area (Å²) in [5, 5.41) is 9.51. The zero-order valence-electron chi connectivity index (χ0n) is 9.80. The number of alkyl halides is 3. The molecule has 2 nitrogen and oxygen atoms in total. The monoisotopic (exact) mass is 326 g/mol. The third kappa shape index (κ3) is 5.27. The summed E-state index contributed by atoms with van der Waals surface area (Å²) in [6, 6.07) is 5.05. The summed E-state index contributed by atoms with van der Waals surface area (Å²) in [4.78, 5) is 0. The van der Waals surface area contributed by atoms with Crippen molar-refractivity contribution in [2.24, 2.45) is 0 Å². The fourth-order valence-electron chi connectivity index (χ4n) is 1.43. The van der Waals surface area contributed by atoms with Crippen LogP contribution in [0.2, 0.25) is 0 Å². The van der Waals surface area contributed by atoms with Gasteiger partial charge in [-0.3, -0.25) is 0 Å². The van der Waals surface area contributed by atoms with E-state index in [0.29, 0.717) is 11.3 Å². The van der Waals surface area contributed by atoms with Crippen LogP contribution in [0, 0.1) is 0 Å². The molecule has 0 unspecified atom stereocenters. The molecule has 6 heteroatoms. The van der Waals surface area contributed by atoms with Crippen molar-refractivity contribution in [2.75, 3.05) is 6.61 Å². The smallest absolute Gasteiger partial charge is 0.389 e. The molecule has 0 radical (unpaired) electrons. The summed E-state index contributed by atoms with van der Waals surface area (Å²) in [5.41, 5.74) is 0.560. The number of hydrogen-bond donors (Lipinski definition) is 1. The maximum absolute atomic E-state index is 12.0. The second-order valence-corrected chi connectivity index (χ2v) is 4.84. The van der Waals surface area contributed by atoms with Crippen LogP contribution in [-0.4, -0.2) is 17.9 Å². The summed E-state index contributed by atoms with van der Waals surface area (Å²) >= 11 is 3.24. The molecular weight excluding hydrogens is 313 g/mol. The average molecular weight is 327 g/mol. The molecular formula is C12H14BrF3O2. The van der Waals surface area contributed by atoms with E-state index in [1.165, 1.54) is 0 Å². The standard InChI is InChI=1S/C12H14BrF3O2/c1-8(17)10-4-3-9(13)7-11(10)18-6-2-5-12(14,15)16/h3-4,7-8,17H,2,5-6H2,1H3/t8-/m1/s1. The highest BCUT2D eigenvalue weighted by Gasteiger charge is 2.26. The van der Waals surface area contributed by atoms with Crippen molar-refractivity contribution in [2.45, 2.75) is 32.0 Å². The van der Waals surface area contributed by atoms with Gasteiger partial charge in [0.1, 0.15) is 5.75 Å². The highest BCUT2D eigenvalue weighted by Crippen LogP contribution is 2.29. The molecule has 0 aliphatic rings. The Morgan fingerprint density at radius 2 is 2.06 bits per heavy atom. The van der Waals surface area contributed by atoms with E-state index in [-0.39, 0.29) is 13.0 Å². The predicted octanol–water partition coefficient (Wildman–Crippen LogP) is 4.22. The molecule has 0 saturated carbocycles. The van der Waals surface area contributed by atoms with E-state index in [0.717, 1.165) is 4.47 Å². The van der Waals surface area contributed by atoms with Crippen LogP contribution in [-0.2, 0) is 0 Å². The molecule has 0 spiro atoms. The van der Waals surface area contributed by atoms with Crippen LogP contribution in [0.3, 0.4) is 0 Å². The average Bonchev–Trinajstić information content (AvgIpc) is 2.22. The first-order chi connectivity index (χ1) is 8.29. The molecule has 1 rings (SSSR count). The van der Waals surface area contributed by atoms with Gasteiger partial charge in [0.25, 0.3) is 0 Å². The number of benzene rings is 1. The largest absolute Gasteiger partial charge is 0.493 e. The number of aliphatic hydroxyl groups excluding tert-OH is 1. The highest BCUT2D eigenvalue weighted by atomic mass is 79.9. The third-order valence-electron chi connectivity index (χ3n) is 2.29. The van der Waals surface area contributed by atoms with E-state index in [2.05, 4.69) is 15.9 Å². The lowest BCUT2D eigenvalue weighted by Crippen LogP contribution is -2.10. The molecule has 0 fully saturated rings. The lowest BCUT2D eigenvalue weighted by atomic mass is 10.1. The SMILES string of the molecule is C[C@@H](O)c1ccc(Br)cc1OCCCC(F)(F)F. The lowest BCUT2D eigenvalue weighted by Gasteiger charge is -2.14. The zero-order valence-corrected chi connectivity index (χ0v) is 11.4. The van der Waals surface area contributed by atoms with Gasteiger partial charge in [-0.1, -0.05) is 22.0 Å². The molecule has 1 N–H and O–H groups in total. The summed E-state index contributed by atoms with van der Waals surface area (Å²) in [5.74, 6) is 0.404. The molecule has 0 aliphatic heterocycles. The molecule has 0 heterocycles. The summed E-state index contributed by atoms with van der Waals surface area (Å²) in [7, 11) is 0. The molecule has 18 heavy (non-hydrogen) atoms. The van der Waals surface area contributed by atoms with Crippen molar-refractivity contribution in [3.8, 4) is 5.75 Å². The van der Waals surface area contributed by atoms with Crippen LogP contribution in [0.1, 0.15) is 31.4 Å². The first-order valence-electron chi connectivity index (χ1n) is 5.46. The van der Waals surface area contributed by atoms with Gasteiger partial charge in [-0.25, -0.2) is 0 Å². The predicted molar refractivity (Wildman–Crippen MR) is 65.6 cm³/mol. The van der Waals surface area contributed by atoms with Gasteiger partial charge < -0.3 is 9.84 Å². The third-order valence-corrected chi connectivity index (χ3v) is 2.78. The Kier molecular flexibility index (Phi) is 5.47. The van der Waals surface area contributed by atoms with E-state index >= 15 is 0 Å². The number of hydrogen-bond acceptors (Lipinski definition) is 2. The molecule has 0 saturated heterocycles. The molecule has 102 valence electrons. The van der Waals surface area contributed by atoms with Crippen LogP contribution in [0.5, 0.6) is 5.75 Å². The maximum Gasteiger partial charge on any atom is 0.389 e. The van der Waals surface area contributed by atoms with Crippen molar-refractivity contribution in [3.05, 3.63) is 28.2 Å². The van der Waals surface area contributed by atoms with Crippen molar-refractivity contribution in [3.63, 3.8) is 0 Å². The van der Waals surface area contributed by atoms with Gasteiger partial charge in [-0.05, 0) is 25.5 Å². The molecule has 0 bridgehead atoms. The molecule has 1 aromatic rings. The van der Waals surface area contributed by atoms with E-state index < -0.39 is 18.7 Å². The molecule has 0 amide bonds. The van der Waals surface area contributed by atoms with E-state index in [9.17, 15) is 18.3 Å². The quantitative estimate of drug-likeness (QED) is 0.821. The van der Waals surface area contributed by atoms with E-state index in [1.807, 2.05) is 0 Å². The van der Waals surface area contributed by atoms with Crippen molar-refractivity contribution < 1.29 is 23.0 Å². The van der Waals surface area contributed by atoms with Crippen molar-refractivity contribution >= 4 is 15.9 Å². The van der Waals surface area contributed by atoms with Gasteiger partial charge in [-0.2, -0.15) is 13.2 Å². The molecule has 1 aromatic carbocycles. The summed E-state index contributed by atoms with van der Waals surface area (Å²) in [6.45, 7) is 1.54. The van der Waals surface area contributed by atoms with Gasteiger partial charge in [0.2, 0.25) is 0 Å². The highest BCUT2D eigenvalue weighted by molar-refractivity contribution is 9.10. The fourth-order valence-corrected chi connectivity index (χ4v) is 1.77. The number of aliphatic hydroxyl groups is 1. The second kappa shape index (κ2) is 6.43. The number of halogens is 4. The van der Waals surface area contributed by atoms with E-state index in [4.69, 9.17) is 4.74 Å². The Bertz CT molecular complexity index is 391. The fraction of sp³-hybridized carbons (Fsp3) is 0.500. The minimum atomic E-state index is -4.16. The Morgan fingerprint density at radius 1 is 1.39 bits per heavy atom. The Hall–Kier alpha value is -0.750. The normalized spacial score (nSPS) is 13.4. The van der Waals surface area contributed by atoms with Gasteiger partial charge in [-0.15, -0.1) is 0 Å². The van der Waals surface area contributed by atoms with E-state index in [1.54, 1.807) is 25.1 Å². The van der Waals surface area contributed by atoms with Crippen LogP contribution >= 0.6 is 15.9 Å². The van der Waals surface area contributed by atoms with Gasteiger partial charge in [0.05, 0.1) is 12.7 Å². The second-order valence-electron chi connectivity index (χ2n) is 3.93. The topological polar surface area (TPSA) is 29.5 Å². The minimum Gasteiger partial charge on any atom is -0.493 e. The maximum atomic E-state index is 12.0. The van der Waals surface area contributed by atoms with Crippen LogP contribution < -0.4 is 4.74 Å². The van der Waals surface area contributed by atoms with Crippen LogP contribution in [0.25, 0.3) is 0 Å². The van der Waals surface area contributed by atoms with Gasteiger partial charge in [0.15, 0.2) is 0 Å². The number of rotatable bonds is 5. The van der Waals surface area contributed by atoms with Crippen LogP contribution in [0.4, 0.5) is 13.2 Å². The Balaban J connectivity index is 2.58. The Labute approximate surface area is 112 Å². The lowest BCUT2D eigenvalue weighted by molar-refractivity contribution is -0.136. The van der Waals surface area contributed by atoms with Crippen molar-refractivity contribution in [1.29, 1.82) is 0 Å². The summed E-state index contributed by atoms with van der Waals surface area (Å²) in [6.07, 6.45) is -5.86. The van der Waals surface area contributed by atoms with Gasteiger partial charge >= 0.3 is 6.18 Å². The van der Waals surface area contributed by atoms with Crippen molar-refractivity contribution in [1.82, 2.24) is 0 Å². The first-order valence-corrected chi connectivity index (χ1v) is 6.26. The molecule has 0 aliphatic carbocycles. The first kappa shape index (κ1) is 15.3. The minimum absolute atomic E-state index is 0.0321. The zero-order chi connectivity index (χ0) is 13.8. The van der Waals surface area contributed by atoms with Gasteiger partial charge in [0, 0.05) is 16.5 Å². The number of ether oxygens (including phenoxy) is 1. The molecule has 0 aromatic heterocycles. The van der Waals surface area contributed by atoms with Crippen LogP contribution in [0.15, 0.2) is 22.7 Å².